The average molecular weight is 375 g/mol. The van der Waals surface area contributed by atoms with Crippen LogP contribution in [0.4, 0.5) is 5.69 Å². The lowest BCUT2D eigenvalue weighted by molar-refractivity contribution is -0.122. The van der Waals surface area contributed by atoms with Crippen LogP contribution >= 0.6 is 11.6 Å². The second kappa shape index (κ2) is 6.93. The number of halogens is 1. The van der Waals surface area contributed by atoms with Crippen LogP contribution in [-0.2, 0) is 18.3 Å². The topological polar surface area (TPSA) is 59.4 Å². The SMILES string of the molecule is CC(NC1CCCN(c2cnn(C)c2)C1=O)c1cc(Cl)cc2c1OCC2. The standard InChI is InChI=1S/C19H23ClN4O2/c1-12(16-9-14(20)8-13-5-7-26-18(13)16)22-17-4-3-6-24(19(17)25)15-10-21-23(2)11-15/h8-12,17,22H,3-7H2,1-2H3. The summed E-state index contributed by atoms with van der Waals surface area (Å²) in [5.74, 6) is 1.01. The summed E-state index contributed by atoms with van der Waals surface area (Å²) in [6.45, 7) is 3.48. The molecule has 2 atom stereocenters. The first-order chi connectivity index (χ1) is 12.5. The number of fused-ring (bicyclic) bond motifs is 1. The summed E-state index contributed by atoms with van der Waals surface area (Å²) in [4.78, 5) is 14.8. The molecule has 2 aromatic rings. The Balaban J connectivity index is 1.53. The summed E-state index contributed by atoms with van der Waals surface area (Å²) in [5.41, 5.74) is 3.02. The van der Waals surface area contributed by atoms with Crippen LogP contribution in [0.25, 0.3) is 0 Å². The Hall–Kier alpha value is -2.05. The predicted molar refractivity (Wildman–Crippen MR) is 101 cm³/mol. The van der Waals surface area contributed by atoms with Crippen LogP contribution < -0.4 is 15.0 Å². The third-order valence-corrected chi connectivity index (χ3v) is 5.35. The number of hydrogen-bond donors (Lipinski definition) is 1. The monoisotopic (exact) mass is 374 g/mol. The van der Waals surface area contributed by atoms with Gasteiger partial charge >= 0.3 is 0 Å². The van der Waals surface area contributed by atoms with Crippen molar-refractivity contribution in [3.8, 4) is 5.75 Å². The van der Waals surface area contributed by atoms with Crippen LogP contribution in [0.3, 0.4) is 0 Å². The zero-order valence-electron chi connectivity index (χ0n) is 15.0. The fraction of sp³-hybridized carbons (Fsp3) is 0.474. The van der Waals surface area contributed by atoms with Crippen LogP contribution in [-0.4, -0.2) is 34.9 Å². The number of aryl methyl sites for hydroxylation is 1. The van der Waals surface area contributed by atoms with Gasteiger partial charge in [0.25, 0.3) is 0 Å². The van der Waals surface area contributed by atoms with E-state index < -0.39 is 0 Å². The van der Waals surface area contributed by atoms with E-state index in [9.17, 15) is 4.79 Å². The van der Waals surface area contributed by atoms with Crippen LogP contribution in [0, 0.1) is 0 Å². The van der Waals surface area contributed by atoms with Gasteiger partial charge in [-0.05, 0) is 37.5 Å². The molecule has 2 unspecified atom stereocenters. The number of carbonyl (C=O) groups is 1. The third kappa shape index (κ3) is 3.19. The van der Waals surface area contributed by atoms with Gasteiger partial charge < -0.3 is 9.64 Å². The van der Waals surface area contributed by atoms with Crippen molar-refractivity contribution in [1.82, 2.24) is 15.1 Å². The molecular weight excluding hydrogens is 352 g/mol. The van der Waals surface area contributed by atoms with Gasteiger partial charge in [0.2, 0.25) is 5.91 Å². The van der Waals surface area contributed by atoms with E-state index in [2.05, 4.69) is 17.3 Å². The largest absolute Gasteiger partial charge is 0.493 e. The molecule has 3 heterocycles. The molecule has 138 valence electrons. The Kier molecular flexibility index (Phi) is 4.63. The zero-order chi connectivity index (χ0) is 18.3. The van der Waals surface area contributed by atoms with Crippen LogP contribution in [0.2, 0.25) is 5.02 Å². The molecule has 1 saturated heterocycles. The van der Waals surface area contributed by atoms with Crippen molar-refractivity contribution in [3.63, 3.8) is 0 Å². The molecule has 1 fully saturated rings. The lowest BCUT2D eigenvalue weighted by Gasteiger charge is -2.33. The van der Waals surface area contributed by atoms with E-state index in [1.54, 1.807) is 10.9 Å². The normalized spacial score (nSPS) is 20.8. The minimum atomic E-state index is -0.227. The molecule has 1 aromatic carbocycles. The first-order valence-electron chi connectivity index (χ1n) is 9.04. The molecule has 4 rings (SSSR count). The van der Waals surface area contributed by atoms with E-state index >= 15 is 0 Å². The molecule has 0 radical (unpaired) electrons. The van der Waals surface area contributed by atoms with Gasteiger partial charge in [0.05, 0.1) is 24.5 Å². The molecule has 1 amide bonds. The van der Waals surface area contributed by atoms with Crippen molar-refractivity contribution in [1.29, 1.82) is 0 Å². The summed E-state index contributed by atoms with van der Waals surface area (Å²) in [7, 11) is 1.86. The number of piperidine rings is 1. The summed E-state index contributed by atoms with van der Waals surface area (Å²) >= 11 is 6.28. The van der Waals surface area contributed by atoms with Crippen molar-refractivity contribution in [2.45, 2.75) is 38.3 Å². The Labute approximate surface area is 158 Å². The number of anilines is 1. The Morgan fingerprint density at radius 1 is 1.42 bits per heavy atom. The number of nitrogens with one attached hydrogen (secondary N) is 1. The van der Waals surface area contributed by atoms with E-state index in [0.29, 0.717) is 11.6 Å². The van der Waals surface area contributed by atoms with E-state index in [-0.39, 0.29) is 18.0 Å². The lowest BCUT2D eigenvalue weighted by Crippen LogP contribution is -2.51. The van der Waals surface area contributed by atoms with Crippen LogP contribution in [0.1, 0.15) is 36.9 Å². The number of benzene rings is 1. The maximum atomic E-state index is 13.0. The highest BCUT2D eigenvalue weighted by atomic mass is 35.5. The first-order valence-corrected chi connectivity index (χ1v) is 9.42. The van der Waals surface area contributed by atoms with Gasteiger partial charge in [-0.15, -0.1) is 0 Å². The van der Waals surface area contributed by atoms with Crippen molar-refractivity contribution in [2.75, 3.05) is 18.1 Å². The Morgan fingerprint density at radius 3 is 3.04 bits per heavy atom. The lowest BCUT2D eigenvalue weighted by atomic mass is 9.99. The van der Waals surface area contributed by atoms with Gasteiger partial charge in [-0.3, -0.25) is 14.8 Å². The fourth-order valence-corrected chi connectivity index (χ4v) is 4.09. The summed E-state index contributed by atoms with van der Waals surface area (Å²) < 4.78 is 7.53. The number of carbonyl (C=O) groups excluding carboxylic acids is 1. The molecule has 1 N–H and O–H groups in total. The number of hydrogen-bond acceptors (Lipinski definition) is 4. The summed E-state index contributed by atoms with van der Waals surface area (Å²) in [6, 6.07) is 3.66. The first kappa shape index (κ1) is 17.4. The number of ether oxygens (including phenoxy) is 1. The van der Waals surface area contributed by atoms with E-state index in [1.165, 1.54) is 0 Å². The van der Waals surface area contributed by atoms with Crippen molar-refractivity contribution in [3.05, 3.63) is 40.7 Å². The molecule has 2 aliphatic heterocycles. The predicted octanol–water partition coefficient (Wildman–Crippen LogP) is 2.85. The molecule has 7 heteroatoms. The second-order valence-corrected chi connectivity index (χ2v) is 7.46. The molecule has 0 saturated carbocycles. The van der Waals surface area contributed by atoms with E-state index in [0.717, 1.165) is 48.4 Å². The Morgan fingerprint density at radius 2 is 2.27 bits per heavy atom. The van der Waals surface area contributed by atoms with Crippen LogP contribution in [0.15, 0.2) is 24.5 Å². The number of rotatable bonds is 4. The molecule has 26 heavy (non-hydrogen) atoms. The molecular formula is C19H23ClN4O2. The summed E-state index contributed by atoms with van der Waals surface area (Å²) in [6.07, 6.45) is 6.27. The smallest absolute Gasteiger partial charge is 0.244 e. The minimum absolute atomic E-state index is 0.0247. The summed E-state index contributed by atoms with van der Waals surface area (Å²) in [5, 5.41) is 8.38. The highest BCUT2D eigenvalue weighted by molar-refractivity contribution is 6.30. The van der Waals surface area contributed by atoms with Gasteiger partial charge in [0.15, 0.2) is 0 Å². The fourth-order valence-electron chi connectivity index (χ4n) is 3.85. The van der Waals surface area contributed by atoms with Crippen molar-refractivity contribution in [2.24, 2.45) is 7.05 Å². The molecule has 0 aliphatic carbocycles. The number of aromatic nitrogens is 2. The van der Waals surface area contributed by atoms with Crippen molar-refractivity contribution >= 4 is 23.2 Å². The van der Waals surface area contributed by atoms with E-state index in [4.69, 9.17) is 16.3 Å². The Bertz CT molecular complexity index is 835. The van der Waals surface area contributed by atoms with Crippen LogP contribution in [0.5, 0.6) is 5.75 Å². The van der Waals surface area contributed by atoms with Gasteiger partial charge in [0.1, 0.15) is 5.75 Å². The van der Waals surface area contributed by atoms with E-state index in [1.807, 2.05) is 30.3 Å². The quantitative estimate of drug-likeness (QED) is 0.894. The maximum Gasteiger partial charge on any atom is 0.244 e. The molecule has 0 spiro atoms. The molecule has 1 aromatic heterocycles. The highest BCUT2D eigenvalue weighted by Gasteiger charge is 2.32. The number of nitrogens with zero attached hydrogens (tertiary/aromatic N) is 3. The van der Waals surface area contributed by atoms with Gasteiger partial charge in [0, 0.05) is 42.8 Å². The van der Waals surface area contributed by atoms with Crippen molar-refractivity contribution < 1.29 is 9.53 Å². The molecule has 6 nitrogen and oxygen atoms in total. The number of amides is 1. The molecule has 0 bridgehead atoms. The second-order valence-electron chi connectivity index (χ2n) is 7.03. The average Bonchev–Trinajstić information content (AvgIpc) is 3.24. The van der Waals surface area contributed by atoms with Gasteiger partial charge in [-0.2, -0.15) is 5.10 Å². The third-order valence-electron chi connectivity index (χ3n) is 5.14. The maximum absolute atomic E-state index is 13.0. The molecule has 2 aliphatic rings. The minimum Gasteiger partial charge on any atom is -0.493 e. The highest BCUT2D eigenvalue weighted by Crippen LogP contribution is 2.36. The van der Waals surface area contributed by atoms with Gasteiger partial charge in [-0.25, -0.2) is 0 Å². The van der Waals surface area contributed by atoms with Gasteiger partial charge in [-0.1, -0.05) is 11.6 Å². The zero-order valence-corrected chi connectivity index (χ0v) is 15.8.